The Hall–Kier alpha value is -1.58. The van der Waals surface area contributed by atoms with Crippen LogP contribution >= 0.6 is 0 Å². The van der Waals surface area contributed by atoms with Crippen molar-refractivity contribution in [3.05, 3.63) is 41.0 Å². The molecule has 0 fully saturated rings. The zero-order valence-electron chi connectivity index (χ0n) is 7.58. The molecule has 1 aliphatic rings. The maximum absolute atomic E-state index is 10.9. The van der Waals surface area contributed by atoms with E-state index in [0.29, 0.717) is 12.1 Å². The van der Waals surface area contributed by atoms with Crippen molar-refractivity contribution in [2.75, 3.05) is 0 Å². The number of hydrogen-bond acceptors (Lipinski definition) is 3. The molecule has 13 heavy (non-hydrogen) atoms. The Labute approximate surface area is 77.3 Å². The molecule has 0 spiro atoms. The van der Waals surface area contributed by atoms with E-state index in [2.05, 4.69) is 5.32 Å². The molecule has 4 nitrogen and oxygen atoms in total. The van der Waals surface area contributed by atoms with Crippen LogP contribution in [-0.4, -0.2) is 4.86 Å². The van der Waals surface area contributed by atoms with Crippen molar-refractivity contribution in [3.63, 3.8) is 0 Å². The first-order valence-electron chi connectivity index (χ1n) is 4.26. The Bertz CT molecular complexity index is 275. The van der Waals surface area contributed by atoms with Crippen LogP contribution in [-0.2, 0) is 0 Å². The third-order valence-corrected chi connectivity index (χ3v) is 1.78. The monoisotopic (exact) mass is 179 g/mol. The van der Waals surface area contributed by atoms with Crippen molar-refractivity contribution in [1.29, 1.82) is 5.53 Å². The highest BCUT2D eigenvalue weighted by Gasteiger charge is 2.11. The van der Waals surface area contributed by atoms with E-state index in [1.54, 1.807) is 24.6 Å². The third kappa shape index (κ3) is 2.43. The van der Waals surface area contributed by atoms with Gasteiger partial charge in [0.15, 0.2) is 0 Å². The Balaban J connectivity index is 2.93. The molecule has 0 saturated heterocycles. The van der Waals surface area contributed by atoms with Crippen molar-refractivity contribution in [2.45, 2.75) is 19.8 Å². The highest BCUT2D eigenvalue weighted by Crippen LogP contribution is 2.15. The summed E-state index contributed by atoms with van der Waals surface area (Å²) >= 11 is 0. The van der Waals surface area contributed by atoms with Crippen molar-refractivity contribution in [3.8, 4) is 0 Å². The van der Waals surface area contributed by atoms with Gasteiger partial charge in [0.2, 0.25) is 5.70 Å². The predicted molar refractivity (Wildman–Crippen MR) is 49.7 cm³/mol. The van der Waals surface area contributed by atoms with Crippen LogP contribution in [0, 0.1) is 10.7 Å². The maximum Gasteiger partial charge on any atom is 0.228 e. The van der Waals surface area contributed by atoms with E-state index in [0.717, 1.165) is 12.0 Å². The largest absolute Gasteiger partial charge is 0.595 e. The second-order valence-corrected chi connectivity index (χ2v) is 2.78. The quantitative estimate of drug-likeness (QED) is 0.396. The van der Waals surface area contributed by atoms with E-state index in [4.69, 9.17) is 5.53 Å². The molecular weight excluding hydrogens is 166 g/mol. The number of dihydropyridines is 1. The van der Waals surface area contributed by atoms with Crippen LogP contribution in [0.25, 0.3) is 0 Å². The highest BCUT2D eigenvalue weighted by atomic mass is 16.5. The second kappa shape index (κ2) is 4.45. The number of hydroxylamine groups is 1. The molecule has 1 rings (SSSR count). The second-order valence-electron chi connectivity index (χ2n) is 2.78. The average Bonchev–Trinajstić information content (AvgIpc) is 2.15. The predicted octanol–water partition coefficient (Wildman–Crippen LogP) is 2.21. The van der Waals surface area contributed by atoms with E-state index >= 15 is 0 Å². The highest BCUT2D eigenvalue weighted by molar-refractivity contribution is 5.35. The molecule has 4 heteroatoms. The molecule has 0 aromatic rings. The summed E-state index contributed by atoms with van der Waals surface area (Å²) in [5.41, 5.74) is 8.33. The molecule has 1 heterocycles. The normalized spacial score (nSPS) is 14.1. The first-order valence-corrected chi connectivity index (χ1v) is 4.26. The SMILES string of the molecule is CCCC(=C1C=CNC=C1)[N+](=N)[O-]. The van der Waals surface area contributed by atoms with Crippen molar-refractivity contribution >= 4 is 0 Å². The van der Waals surface area contributed by atoms with Gasteiger partial charge in [-0.15, -0.1) is 0 Å². The minimum atomic E-state index is 0.193. The van der Waals surface area contributed by atoms with Crippen LogP contribution in [0.3, 0.4) is 0 Å². The van der Waals surface area contributed by atoms with Crippen molar-refractivity contribution in [2.24, 2.45) is 0 Å². The smallest absolute Gasteiger partial charge is 0.228 e. The van der Waals surface area contributed by atoms with E-state index in [-0.39, 0.29) is 4.86 Å². The molecule has 0 aromatic heterocycles. The van der Waals surface area contributed by atoms with Gasteiger partial charge in [-0.3, -0.25) is 0 Å². The minimum Gasteiger partial charge on any atom is -0.595 e. The van der Waals surface area contributed by atoms with Gasteiger partial charge >= 0.3 is 0 Å². The number of nitrogens with zero attached hydrogens (tertiary/aromatic N) is 1. The Morgan fingerprint density at radius 3 is 2.62 bits per heavy atom. The van der Waals surface area contributed by atoms with Gasteiger partial charge in [0, 0.05) is 24.4 Å². The summed E-state index contributed by atoms with van der Waals surface area (Å²) in [5.74, 6) is 0. The fraction of sp³-hybridized carbons (Fsp3) is 0.333. The van der Waals surface area contributed by atoms with Gasteiger partial charge in [0.1, 0.15) is 0 Å². The van der Waals surface area contributed by atoms with Crippen LogP contribution in [0.15, 0.2) is 35.8 Å². The van der Waals surface area contributed by atoms with Crippen LogP contribution < -0.4 is 5.32 Å². The summed E-state index contributed by atoms with van der Waals surface area (Å²) in [6, 6.07) is 0. The lowest BCUT2D eigenvalue weighted by molar-refractivity contribution is -0.504. The Kier molecular flexibility index (Phi) is 3.25. The summed E-state index contributed by atoms with van der Waals surface area (Å²) in [6.07, 6.45) is 8.58. The van der Waals surface area contributed by atoms with Gasteiger partial charge in [0.25, 0.3) is 0 Å². The van der Waals surface area contributed by atoms with Gasteiger partial charge in [-0.05, 0) is 24.1 Å². The summed E-state index contributed by atoms with van der Waals surface area (Å²) in [6.45, 7) is 1.98. The molecule has 0 aromatic carbocycles. The summed E-state index contributed by atoms with van der Waals surface area (Å²) in [4.78, 5) is 0.193. The first kappa shape index (κ1) is 9.51. The lowest BCUT2D eigenvalue weighted by Gasteiger charge is -2.06. The van der Waals surface area contributed by atoms with Crippen LogP contribution in [0.5, 0.6) is 0 Å². The molecule has 0 atom stereocenters. The van der Waals surface area contributed by atoms with Gasteiger partial charge in [-0.2, -0.15) is 0 Å². The first-order chi connectivity index (χ1) is 6.25. The zero-order chi connectivity index (χ0) is 9.68. The molecule has 0 aliphatic carbocycles. The zero-order valence-corrected chi connectivity index (χ0v) is 7.58. The minimum absolute atomic E-state index is 0.193. The third-order valence-electron chi connectivity index (χ3n) is 1.78. The number of rotatable bonds is 3. The molecule has 0 amide bonds. The lowest BCUT2D eigenvalue weighted by Crippen LogP contribution is -2.05. The molecular formula is C9H13N3O. The molecule has 0 unspecified atom stereocenters. The maximum atomic E-state index is 10.9. The summed E-state index contributed by atoms with van der Waals surface area (Å²) in [7, 11) is 0. The molecule has 0 radical (unpaired) electrons. The summed E-state index contributed by atoms with van der Waals surface area (Å²) in [5, 5.41) is 13.7. The van der Waals surface area contributed by atoms with E-state index in [1.807, 2.05) is 6.92 Å². The van der Waals surface area contributed by atoms with E-state index in [1.165, 1.54) is 0 Å². The molecule has 70 valence electrons. The molecule has 0 bridgehead atoms. The van der Waals surface area contributed by atoms with Gasteiger partial charge in [0.05, 0.1) is 0 Å². The van der Waals surface area contributed by atoms with Crippen LogP contribution in [0.4, 0.5) is 0 Å². The average molecular weight is 179 g/mol. The van der Waals surface area contributed by atoms with Crippen molar-refractivity contribution in [1.82, 2.24) is 5.32 Å². The number of hydrogen-bond donors (Lipinski definition) is 2. The van der Waals surface area contributed by atoms with Crippen LogP contribution in [0.1, 0.15) is 19.8 Å². The van der Waals surface area contributed by atoms with Crippen molar-refractivity contribution < 1.29 is 4.86 Å². The van der Waals surface area contributed by atoms with Gasteiger partial charge in [-0.1, -0.05) is 11.8 Å². The van der Waals surface area contributed by atoms with Gasteiger partial charge in [-0.25, -0.2) is 0 Å². The summed E-state index contributed by atoms with van der Waals surface area (Å²) < 4.78 is 0. The number of nitrogens with one attached hydrogen (secondary N) is 2. The molecule has 0 saturated carbocycles. The lowest BCUT2D eigenvalue weighted by atomic mass is 10.1. The molecule has 1 aliphatic heterocycles. The Morgan fingerprint density at radius 1 is 1.54 bits per heavy atom. The van der Waals surface area contributed by atoms with E-state index < -0.39 is 0 Å². The standard InChI is InChI=1S/C9H13N3O/c1-2-3-9(12(10)13)8-4-6-11-7-5-8/h4-7,10-11H,2-3H2,1H3. The fourth-order valence-electron chi connectivity index (χ4n) is 1.18. The molecule has 2 N–H and O–H groups in total. The Morgan fingerprint density at radius 2 is 2.15 bits per heavy atom. The van der Waals surface area contributed by atoms with Gasteiger partial charge < -0.3 is 10.5 Å². The number of allylic oxidation sites excluding steroid dienone is 4. The van der Waals surface area contributed by atoms with E-state index in [9.17, 15) is 5.21 Å². The van der Waals surface area contributed by atoms with Crippen LogP contribution in [0.2, 0.25) is 0 Å². The topological polar surface area (TPSA) is 62.0 Å². The fourth-order valence-corrected chi connectivity index (χ4v) is 1.18.